The third-order valence-corrected chi connectivity index (χ3v) is 6.56. The van der Waals surface area contributed by atoms with Crippen LogP contribution in [0.2, 0.25) is 0 Å². The molecular weight excluding hydrogens is 508 g/mol. The monoisotopic (exact) mass is 568 g/mol. The number of amides is 2. The minimum absolute atomic E-state index is 0.0530. The first-order valence-corrected chi connectivity index (χ1v) is 16.0. The van der Waals surface area contributed by atoms with E-state index in [9.17, 15) is 19.2 Å². The van der Waals surface area contributed by atoms with Crippen LogP contribution in [0.15, 0.2) is 0 Å². The van der Waals surface area contributed by atoms with Crippen molar-refractivity contribution in [3.05, 3.63) is 0 Å². The first kappa shape index (κ1) is 37.9. The molecule has 0 fully saturated rings. The number of unbranched alkanes of at least 4 members (excludes halogenated alkanes) is 14. The Hall–Kier alpha value is -2.12. The first-order chi connectivity index (χ1) is 19.1. The fourth-order valence-electron chi connectivity index (χ4n) is 4.44. The second kappa shape index (κ2) is 25.8. The molecule has 0 atom stereocenters. The molecule has 0 aliphatic rings. The Morgan fingerprint density at radius 1 is 0.500 bits per heavy atom. The number of rotatable bonds is 26. The summed E-state index contributed by atoms with van der Waals surface area (Å²) in [6, 6.07) is 0. The summed E-state index contributed by atoms with van der Waals surface area (Å²) in [4.78, 5) is 46.9. The van der Waals surface area contributed by atoms with E-state index in [2.05, 4.69) is 10.6 Å². The molecule has 0 aliphatic heterocycles. The van der Waals surface area contributed by atoms with Crippen molar-refractivity contribution < 1.29 is 28.7 Å². The van der Waals surface area contributed by atoms with E-state index >= 15 is 0 Å². The van der Waals surface area contributed by atoms with Crippen molar-refractivity contribution in [3.63, 3.8) is 0 Å². The fraction of sp³-hybridized carbons (Fsp3) is 0.875. The zero-order valence-electron chi connectivity index (χ0n) is 26.2. The van der Waals surface area contributed by atoms with Crippen molar-refractivity contribution >= 4 is 23.8 Å². The van der Waals surface area contributed by atoms with Gasteiger partial charge in [0.2, 0.25) is 11.8 Å². The smallest absolute Gasteiger partial charge is 0.306 e. The predicted octanol–water partition coefficient (Wildman–Crippen LogP) is 6.93. The van der Waals surface area contributed by atoms with Crippen molar-refractivity contribution in [2.24, 2.45) is 0 Å². The minimum Gasteiger partial charge on any atom is -0.466 e. The highest BCUT2D eigenvalue weighted by atomic mass is 16.6. The third kappa shape index (κ3) is 28.9. The highest BCUT2D eigenvalue weighted by Gasteiger charge is 2.15. The third-order valence-electron chi connectivity index (χ3n) is 6.56. The van der Waals surface area contributed by atoms with Crippen molar-refractivity contribution in [1.29, 1.82) is 0 Å². The average molecular weight is 569 g/mol. The van der Waals surface area contributed by atoms with Gasteiger partial charge in [-0.2, -0.15) is 0 Å². The van der Waals surface area contributed by atoms with Crippen LogP contribution in [0.25, 0.3) is 0 Å². The first-order valence-electron chi connectivity index (χ1n) is 16.0. The van der Waals surface area contributed by atoms with Gasteiger partial charge in [-0.25, -0.2) is 0 Å². The van der Waals surface area contributed by atoms with Gasteiger partial charge >= 0.3 is 11.9 Å². The van der Waals surface area contributed by atoms with Gasteiger partial charge in [0.15, 0.2) is 0 Å². The van der Waals surface area contributed by atoms with Crippen LogP contribution < -0.4 is 10.6 Å². The Balaban J connectivity index is 3.39. The summed E-state index contributed by atoms with van der Waals surface area (Å²) in [5.74, 6) is -0.0958. The lowest BCUT2D eigenvalue weighted by molar-refractivity contribution is -0.155. The number of hydrogen-bond acceptors (Lipinski definition) is 6. The molecule has 0 spiro atoms. The lowest BCUT2D eigenvalue weighted by Gasteiger charge is -2.19. The Morgan fingerprint density at radius 3 is 1.18 bits per heavy atom. The van der Waals surface area contributed by atoms with Gasteiger partial charge in [-0.3, -0.25) is 19.2 Å². The number of nitrogens with one attached hydrogen (secondary N) is 2. The minimum atomic E-state index is -0.402. The average Bonchev–Trinajstić information content (AvgIpc) is 2.88. The molecule has 2 N–H and O–H groups in total. The van der Waals surface area contributed by atoms with Crippen LogP contribution in [0.1, 0.15) is 156 Å². The zero-order chi connectivity index (χ0) is 29.9. The molecule has 0 aromatic carbocycles. The van der Waals surface area contributed by atoms with Gasteiger partial charge in [-0.15, -0.1) is 0 Å². The van der Waals surface area contributed by atoms with Crippen molar-refractivity contribution in [2.45, 2.75) is 162 Å². The van der Waals surface area contributed by atoms with Gasteiger partial charge in [0.1, 0.15) is 5.60 Å². The number of carbonyl (C=O) groups is 4. The molecule has 0 radical (unpaired) electrons. The Labute approximate surface area is 244 Å². The topological polar surface area (TPSA) is 111 Å². The van der Waals surface area contributed by atoms with Gasteiger partial charge < -0.3 is 20.1 Å². The van der Waals surface area contributed by atoms with E-state index < -0.39 is 5.60 Å². The van der Waals surface area contributed by atoms with Crippen LogP contribution >= 0.6 is 0 Å². The maximum Gasteiger partial charge on any atom is 0.306 e. The maximum atomic E-state index is 12.0. The Morgan fingerprint density at radius 2 is 0.825 bits per heavy atom. The summed E-state index contributed by atoms with van der Waals surface area (Å²) in [6.07, 6.45) is 19.1. The molecule has 0 aromatic rings. The quantitative estimate of drug-likeness (QED) is 0.0865. The van der Waals surface area contributed by atoms with E-state index in [0.717, 1.165) is 77.0 Å². The van der Waals surface area contributed by atoms with Gasteiger partial charge in [-0.1, -0.05) is 77.0 Å². The molecule has 0 aliphatic carbocycles. The van der Waals surface area contributed by atoms with Crippen LogP contribution in [0.5, 0.6) is 0 Å². The summed E-state index contributed by atoms with van der Waals surface area (Å²) in [7, 11) is 0. The number of ether oxygens (including phenoxy) is 2. The molecule has 0 rings (SSSR count). The molecule has 40 heavy (non-hydrogen) atoms. The van der Waals surface area contributed by atoms with Crippen LogP contribution in [0.4, 0.5) is 0 Å². The van der Waals surface area contributed by atoms with Gasteiger partial charge in [0.25, 0.3) is 0 Å². The maximum absolute atomic E-state index is 12.0. The van der Waals surface area contributed by atoms with Gasteiger partial charge in [0.05, 0.1) is 6.61 Å². The van der Waals surface area contributed by atoms with Gasteiger partial charge in [-0.05, 0) is 53.4 Å². The lowest BCUT2D eigenvalue weighted by Crippen LogP contribution is -2.34. The number of carbonyl (C=O) groups excluding carboxylic acids is 4. The summed E-state index contributed by atoms with van der Waals surface area (Å²) in [5, 5.41) is 5.77. The molecular formula is C32H60N2O6. The second-order valence-electron chi connectivity index (χ2n) is 11.7. The molecule has 0 unspecified atom stereocenters. The number of esters is 2. The highest BCUT2D eigenvalue weighted by molar-refractivity contribution is 5.77. The Bertz CT molecular complexity index is 675. The number of hydrogen-bond donors (Lipinski definition) is 2. The van der Waals surface area contributed by atoms with E-state index in [1.807, 2.05) is 27.7 Å². The van der Waals surface area contributed by atoms with E-state index in [1.54, 1.807) is 0 Å². The van der Waals surface area contributed by atoms with Crippen molar-refractivity contribution in [1.82, 2.24) is 10.6 Å². The molecule has 8 heteroatoms. The van der Waals surface area contributed by atoms with E-state index in [-0.39, 0.29) is 23.8 Å². The summed E-state index contributed by atoms with van der Waals surface area (Å²) in [5.41, 5.74) is -0.402. The summed E-state index contributed by atoms with van der Waals surface area (Å²) < 4.78 is 10.2. The molecule has 8 nitrogen and oxygen atoms in total. The largest absolute Gasteiger partial charge is 0.466 e. The molecule has 0 saturated carbocycles. The molecule has 234 valence electrons. The molecule has 0 bridgehead atoms. The zero-order valence-corrected chi connectivity index (χ0v) is 26.2. The standard InChI is InChI=1S/C32H60N2O6/c1-5-39-30(37)24-20-16-12-8-6-10-14-18-22-28(35)33-26-27-34-29(36)23-19-15-11-7-9-13-17-21-25-31(38)40-32(2,3)4/h5-27H2,1-4H3,(H,33,35)(H,34,36). The van der Waals surface area contributed by atoms with Crippen LogP contribution in [-0.2, 0) is 28.7 Å². The predicted molar refractivity (Wildman–Crippen MR) is 161 cm³/mol. The van der Waals surface area contributed by atoms with Crippen molar-refractivity contribution in [2.75, 3.05) is 19.7 Å². The van der Waals surface area contributed by atoms with Crippen LogP contribution in [-0.4, -0.2) is 49.1 Å². The summed E-state index contributed by atoms with van der Waals surface area (Å²) >= 11 is 0. The normalized spacial score (nSPS) is 11.2. The van der Waals surface area contributed by atoms with Crippen molar-refractivity contribution in [3.8, 4) is 0 Å². The van der Waals surface area contributed by atoms with Crippen LogP contribution in [0.3, 0.4) is 0 Å². The summed E-state index contributed by atoms with van der Waals surface area (Å²) in [6.45, 7) is 8.91. The molecule has 0 aromatic heterocycles. The van der Waals surface area contributed by atoms with E-state index in [0.29, 0.717) is 45.4 Å². The Kier molecular flexibility index (Phi) is 24.5. The second-order valence-corrected chi connectivity index (χ2v) is 11.7. The van der Waals surface area contributed by atoms with Gasteiger partial charge in [0, 0.05) is 38.8 Å². The molecule has 2 amide bonds. The SMILES string of the molecule is CCOC(=O)CCCCCCCCCCC(=O)NCCNC(=O)CCCCCCCCCCC(=O)OC(C)(C)C. The lowest BCUT2D eigenvalue weighted by atomic mass is 10.1. The molecule has 0 saturated heterocycles. The highest BCUT2D eigenvalue weighted by Crippen LogP contribution is 2.14. The fourth-order valence-corrected chi connectivity index (χ4v) is 4.44. The van der Waals surface area contributed by atoms with E-state index in [1.165, 1.54) is 25.7 Å². The molecule has 0 heterocycles. The van der Waals surface area contributed by atoms with Crippen LogP contribution in [0, 0.1) is 0 Å². The van der Waals surface area contributed by atoms with E-state index in [4.69, 9.17) is 9.47 Å².